The number of amides is 1. The number of ether oxygens (including phenoxy) is 1. The van der Waals surface area contributed by atoms with Crippen molar-refractivity contribution >= 4 is 34.4 Å². The second kappa shape index (κ2) is 14.1. The summed E-state index contributed by atoms with van der Waals surface area (Å²) < 4.78 is 37.2. The Hall–Kier alpha value is -6.77. The molecule has 1 amide bonds. The van der Waals surface area contributed by atoms with Crippen molar-refractivity contribution in [2.75, 3.05) is 0 Å². The topological polar surface area (TPSA) is 203 Å². The average Bonchev–Trinajstić information content (AvgIpc) is 3.25. The molecule has 7 N–H and O–H groups in total. The minimum absolute atomic E-state index is 0.0104. The van der Waals surface area contributed by atoms with E-state index < -0.39 is 46.9 Å². The van der Waals surface area contributed by atoms with Crippen LogP contribution in [0, 0.1) is 0 Å². The van der Waals surface area contributed by atoms with Gasteiger partial charge >= 0.3 is 18.1 Å². The summed E-state index contributed by atoms with van der Waals surface area (Å²) in [5, 5.41) is 54.9. The number of nitrogens with one attached hydrogen (secondary N) is 2. The number of aromatic hydroxyl groups is 4. The van der Waals surface area contributed by atoms with E-state index in [9.17, 15) is 48.0 Å². The van der Waals surface area contributed by atoms with Crippen molar-refractivity contribution in [2.24, 2.45) is 0 Å². The van der Waals surface area contributed by atoms with Crippen LogP contribution < -0.4 is 10.6 Å². The number of carbonyl (C=O) groups is 4. The molecule has 0 radical (unpaired) electrons. The first kappa shape index (κ1) is 34.1. The molecule has 4 aromatic rings. The first-order valence-electron chi connectivity index (χ1n) is 13.4. The molecule has 0 spiro atoms. The lowest BCUT2D eigenvalue weighted by atomic mass is 9.94. The average molecular weight is 665 g/mol. The Kier molecular flexibility index (Phi) is 10.0. The van der Waals surface area contributed by atoms with Gasteiger partial charge in [0.15, 0.2) is 5.76 Å². The highest BCUT2D eigenvalue weighted by Crippen LogP contribution is 2.36. The quantitative estimate of drug-likeness (QED) is 0.109. The van der Waals surface area contributed by atoms with E-state index in [1.54, 1.807) is 30.3 Å². The van der Waals surface area contributed by atoms with Gasteiger partial charge in [0, 0.05) is 18.0 Å². The van der Waals surface area contributed by atoms with Crippen molar-refractivity contribution in [3.8, 4) is 23.0 Å². The third kappa shape index (κ3) is 7.89. The number of carboxylic acid groups (broad SMARTS) is 1. The summed E-state index contributed by atoms with van der Waals surface area (Å²) in [5.74, 6) is -6.99. The molecule has 0 saturated carbocycles. The molecule has 1 aliphatic heterocycles. The van der Waals surface area contributed by atoms with Gasteiger partial charge in [-0.2, -0.15) is 13.2 Å². The number of aliphatic carboxylic acids is 1. The Morgan fingerprint density at radius 2 is 1.40 bits per heavy atom. The number of ketones is 1. The van der Waals surface area contributed by atoms with Crippen molar-refractivity contribution in [2.45, 2.75) is 6.18 Å². The number of carboxylic acids is 1. The lowest BCUT2D eigenvalue weighted by Gasteiger charge is -2.15. The molecule has 1 aliphatic rings. The number of fused-ring (bicyclic) bond motifs is 1. The van der Waals surface area contributed by atoms with Crippen LogP contribution in [-0.4, -0.2) is 55.3 Å². The SMILES string of the molecule is O=C(NC1=CNC=CC=C1OC(=O)c1cc(O)c(C(=O)c2c(O)ccc3ccccc23)c(O)c1)c1ccc(O)cc1.O=C(O)C(F)(F)F. The number of phenolic OH excluding ortho intramolecular Hbond substituents is 4. The molecule has 0 bridgehead atoms. The number of rotatable bonds is 6. The van der Waals surface area contributed by atoms with E-state index in [1.807, 2.05) is 0 Å². The lowest BCUT2D eigenvalue weighted by molar-refractivity contribution is -0.192. The number of carbonyl (C=O) groups excluding carboxylic acids is 3. The van der Waals surface area contributed by atoms with Gasteiger partial charge in [0.1, 0.15) is 34.3 Å². The largest absolute Gasteiger partial charge is 0.508 e. The Morgan fingerprint density at radius 3 is 2.02 bits per heavy atom. The summed E-state index contributed by atoms with van der Waals surface area (Å²) in [6.45, 7) is 0. The van der Waals surface area contributed by atoms with Gasteiger partial charge in [0.05, 0.1) is 11.1 Å². The molecular weight excluding hydrogens is 641 g/mol. The molecule has 4 aromatic carbocycles. The highest BCUT2D eigenvalue weighted by atomic mass is 19.4. The van der Waals surface area contributed by atoms with Gasteiger partial charge in [-0.15, -0.1) is 0 Å². The molecule has 0 aromatic heterocycles. The minimum Gasteiger partial charge on any atom is -0.508 e. The fraction of sp³-hybridized carbons (Fsp3) is 0.0303. The molecule has 48 heavy (non-hydrogen) atoms. The van der Waals surface area contributed by atoms with Crippen LogP contribution in [0.25, 0.3) is 10.8 Å². The molecule has 5 rings (SSSR count). The molecule has 0 aliphatic carbocycles. The second-order valence-electron chi connectivity index (χ2n) is 9.71. The van der Waals surface area contributed by atoms with Gasteiger partial charge in [0.2, 0.25) is 5.78 Å². The van der Waals surface area contributed by atoms with Crippen molar-refractivity contribution < 1.29 is 62.6 Å². The van der Waals surface area contributed by atoms with Crippen LogP contribution in [0.5, 0.6) is 23.0 Å². The van der Waals surface area contributed by atoms with Crippen LogP contribution >= 0.6 is 0 Å². The zero-order valence-corrected chi connectivity index (χ0v) is 24.1. The van der Waals surface area contributed by atoms with Crippen LogP contribution in [0.3, 0.4) is 0 Å². The molecule has 0 atom stereocenters. The third-order valence-corrected chi connectivity index (χ3v) is 6.45. The molecule has 15 heteroatoms. The predicted molar refractivity (Wildman–Crippen MR) is 162 cm³/mol. The van der Waals surface area contributed by atoms with Crippen LogP contribution in [0.1, 0.15) is 36.6 Å². The van der Waals surface area contributed by atoms with Gasteiger partial charge < -0.3 is 40.9 Å². The van der Waals surface area contributed by atoms with Gasteiger partial charge in [-0.05, 0) is 65.4 Å². The second-order valence-corrected chi connectivity index (χ2v) is 9.71. The zero-order valence-electron chi connectivity index (χ0n) is 24.1. The molecule has 1 heterocycles. The van der Waals surface area contributed by atoms with Gasteiger partial charge in [-0.3, -0.25) is 9.59 Å². The fourth-order valence-electron chi connectivity index (χ4n) is 4.22. The Balaban J connectivity index is 0.000000671. The number of esters is 1. The van der Waals surface area contributed by atoms with E-state index in [1.165, 1.54) is 54.9 Å². The Labute approximate surface area is 267 Å². The van der Waals surface area contributed by atoms with E-state index in [0.29, 0.717) is 10.8 Å². The zero-order chi connectivity index (χ0) is 35.2. The molecule has 0 saturated heterocycles. The van der Waals surface area contributed by atoms with Crippen LogP contribution in [-0.2, 0) is 9.53 Å². The van der Waals surface area contributed by atoms with Gasteiger partial charge in [-0.1, -0.05) is 30.3 Å². The van der Waals surface area contributed by atoms with Crippen LogP contribution in [0.4, 0.5) is 13.2 Å². The number of benzene rings is 4. The van der Waals surface area contributed by atoms with Crippen molar-refractivity contribution in [1.82, 2.24) is 10.6 Å². The predicted octanol–water partition coefficient (Wildman–Crippen LogP) is 4.96. The number of allylic oxidation sites excluding steroid dienone is 2. The Morgan fingerprint density at radius 1 is 0.771 bits per heavy atom. The highest BCUT2D eigenvalue weighted by Gasteiger charge is 2.38. The number of phenols is 4. The van der Waals surface area contributed by atoms with E-state index in [0.717, 1.165) is 12.1 Å². The van der Waals surface area contributed by atoms with Crippen molar-refractivity contribution in [3.63, 3.8) is 0 Å². The van der Waals surface area contributed by atoms with Crippen LogP contribution in [0.2, 0.25) is 0 Å². The maximum atomic E-state index is 13.4. The van der Waals surface area contributed by atoms with E-state index in [4.69, 9.17) is 14.6 Å². The standard InChI is InChI=1S/C31H22N2O8.C2HF3O2/c34-20-10-7-18(8-11-20)30(39)33-22-16-32-13-3-6-26(22)41-31(40)19-14-24(36)28(25(37)15-19)29(38)27-21-5-2-1-4-17(21)9-12-23(27)35;3-2(4,5)1(6)7/h1-16,32,34-37H,(H,33,39);(H,6,7). The minimum atomic E-state index is -5.08. The summed E-state index contributed by atoms with van der Waals surface area (Å²) in [5.41, 5.74) is -0.584. The summed E-state index contributed by atoms with van der Waals surface area (Å²) in [6, 6.07) is 17.2. The van der Waals surface area contributed by atoms with Crippen molar-refractivity contribution in [1.29, 1.82) is 0 Å². The van der Waals surface area contributed by atoms with Gasteiger partial charge in [0.25, 0.3) is 5.91 Å². The maximum absolute atomic E-state index is 13.4. The smallest absolute Gasteiger partial charge is 0.490 e. The molecule has 12 nitrogen and oxygen atoms in total. The lowest BCUT2D eigenvalue weighted by Crippen LogP contribution is -2.26. The van der Waals surface area contributed by atoms with Crippen LogP contribution in [0.15, 0.2) is 109 Å². The maximum Gasteiger partial charge on any atom is 0.490 e. The first-order chi connectivity index (χ1) is 22.7. The van der Waals surface area contributed by atoms with Gasteiger partial charge in [-0.25, -0.2) is 9.59 Å². The summed E-state index contributed by atoms with van der Waals surface area (Å²) in [7, 11) is 0. The molecule has 246 valence electrons. The summed E-state index contributed by atoms with van der Waals surface area (Å²) in [4.78, 5) is 48.0. The number of alkyl halides is 3. The summed E-state index contributed by atoms with van der Waals surface area (Å²) in [6.07, 6.45) is 0.747. The third-order valence-electron chi connectivity index (χ3n) is 6.45. The monoisotopic (exact) mass is 664 g/mol. The highest BCUT2D eigenvalue weighted by molar-refractivity contribution is 6.20. The molecule has 0 unspecified atom stereocenters. The number of halogens is 3. The summed E-state index contributed by atoms with van der Waals surface area (Å²) >= 11 is 0. The van der Waals surface area contributed by atoms with E-state index >= 15 is 0 Å². The number of hydrogen-bond donors (Lipinski definition) is 7. The number of hydrogen-bond acceptors (Lipinski definition) is 10. The normalized spacial score (nSPS) is 12.3. The fourth-order valence-corrected chi connectivity index (χ4v) is 4.22. The first-order valence-corrected chi connectivity index (χ1v) is 13.4. The van der Waals surface area contributed by atoms with Crippen molar-refractivity contribution in [3.05, 3.63) is 131 Å². The Bertz CT molecular complexity index is 1990. The molecule has 0 fully saturated rings. The van der Waals surface area contributed by atoms with E-state index in [2.05, 4.69) is 10.6 Å². The van der Waals surface area contributed by atoms with E-state index in [-0.39, 0.29) is 39.6 Å². The molecular formula is C33H23F3N2O10.